The molecule has 0 fully saturated rings. The Kier molecular flexibility index (Phi) is 3.54. The number of aryl methyl sites for hydroxylation is 2. The first-order chi connectivity index (χ1) is 7.67. The largest absolute Gasteiger partial charge is 0.368 e. The quantitative estimate of drug-likeness (QED) is 0.594. The van der Waals surface area contributed by atoms with Crippen molar-refractivity contribution < 1.29 is 26.7 Å². The lowest BCUT2D eigenvalue weighted by atomic mass is 10.0. The summed E-state index contributed by atoms with van der Waals surface area (Å²) in [5, 5.41) is 0. The Morgan fingerprint density at radius 1 is 1.18 bits per heavy atom. The second-order valence-corrected chi connectivity index (χ2v) is 3.68. The summed E-state index contributed by atoms with van der Waals surface area (Å²) < 4.78 is 62.7. The molecule has 0 amide bonds. The molecule has 1 rings (SSSR count). The van der Waals surface area contributed by atoms with E-state index in [1.165, 1.54) is 13.8 Å². The summed E-state index contributed by atoms with van der Waals surface area (Å²) in [6, 6.07) is 1.67. The average Bonchev–Trinajstić information content (AvgIpc) is 2.23. The number of benzene rings is 1. The Morgan fingerprint density at radius 2 is 1.59 bits per heavy atom. The summed E-state index contributed by atoms with van der Waals surface area (Å²) in [5.41, 5.74) is -0.705. The van der Waals surface area contributed by atoms with Crippen molar-refractivity contribution in [3.8, 4) is 0 Å². The van der Waals surface area contributed by atoms with E-state index in [4.69, 9.17) is 0 Å². The number of carbonyl (C=O) groups is 1. The smallest absolute Gasteiger partial charge is 0.287 e. The molecule has 1 aromatic carbocycles. The van der Waals surface area contributed by atoms with Crippen molar-refractivity contribution in [2.45, 2.75) is 26.2 Å². The minimum absolute atomic E-state index is 0.0431. The molecule has 1 aromatic rings. The monoisotopic (exact) mass is 252 g/mol. The van der Waals surface area contributed by atoms with Gasteiger partial charge in [-0.25, -0.2) is 13.2 Å². The molecule has 0 radical (unpaired) electrons. The van der Waals surface area contributed by atoms with Crippen molar-refractivity contribution in [1.82, 2.24) is 0 Å². The van der Waals surface area contributed by atoms with Gasteiger partial charge in [-0.15, -0.1) is 0 Å². The van der Waals surface area contributed by atoms with Crippen LogP contribution in [-0.4, -0.2) is 18.1 Å². The van der Waals surface area contributed by atoms with Gasteiger partial charge in [-0.05, 0) is 37.1 Å². The second kappa shape index (κ2) is 4.43. The fourth-order valence-corrected chi connectivity index (χ4v) is 1.37. The minimum Gasteiger partial charge on any atom is -0.287 e. The van der Waals surface area contributed by atoms with E-state index >= 15 is 0 Å². The number of carbonyl (C=O) groups excluding carboxylic acids is 1. The maximum atomic E-state index is 13.2. The van der Waals surface area contributed by atoms with Gasteiger partial charge in [-0.1, -0.05) is 0 Å². The van der Waals surface area contributed by atoms with E-state index in [0.29, 0.717) is 0 Å². The molecule has 0 saturated heterocycles. The van der Waals surface area contributed by atoms with Crippen molar-refractivity contribution in [2.24, 2.45) is 0 Å². The molecule has 0 spiro atoms. The van der Waals surface area contributed by atoms with Crippen LogP contribution in [-0.2, 0) is 0 Å². The first kappa shape index (κ1) is 13.6. The number of hydrogen-bond acceptors (Lipinski definition) is 1. The lowest BCUT2D eigenvalue weighted by Gasteiger charge is -2.14. The molecule has 0 aliphatic rings. The van der Waals surface area contributed by atoms with Gasteiger partial charge in [0, 0.05) is 5.56 Å². The molecule has 0 aromatic heterocycles. The van der Waals surface area contributed by atoms with Crippen molar-refractivity contribution >= 4 is 5.78 Å². The molecule has 0 aliphatic carbocycles. The fourth-order valence-electron chi connectivity index (χ4n) is 1.37. The van der Waals surface area contributed by atoms with Crippen LogP contribution in [0, 0.1) is 19.7 Å². The first-order valence-corrected chi connectivity index (χ1v) is 4.65. The second-order valence-electron chi connectivity index (χ2n) is 3.68. The van der Waals surface area contributed by atoms with Crippen LogP contribution in [0.5, 0.6) is 0 Å². The van der Waals surface area contributed by atoms with E-state index in [1.54, 1.807) is 0 Å². The summed E-state index contributed by atoms with van der Waals surface area (Å²) >= 11 is 0. The molecular weight excluding hydrogens is 243 g/mol. The summed E-state index contributed by atoms with van der Waals surface area (Å²) in [6.07, 6.45) is -4.08. The molecule has 0 atom stereocenters. The van der Waals surface area contributed by atoms with Crippen LogP contribution in [0.4, 0.5) is 22.0 Å². The number of rotatable bonds is 3. The Balaban J connectivity index is 3.23. The summed E-state index contributed by atoms with van der Waals surface area (Å²) in [4.78, 5) is 11.2. The summed E-state index contributed by atoms with van der Waals surface area (Å²) in [6.45, 7) is 2.53. The summed E-state index contributed by atoms with van der Waals surface area (Å²) in [5.74, 6) is -7.41. The van der Waals surface area contributed by atoms with Gasteiger partial charge in [-0.3, -0.25) is 4.79 Å². The molecule has 1 nitrogen and oxygen atoms in total. The predicted molar refractivity (Wildman–Crippen MR) is 51.2 cm³/mol. The van der Waals surface area contributed by atoms with Gasteiger partial charge in [0.05, 0.1) is 0 Å². The molecule has 0 bridgehead atoms. The van der Waals surface area contributed by atoms with Gasteiger partial charge in [0.2, 0.25) is 5.78 Å². The zero-order chi connectivity index (χ0) is 13.4. The molecule has 0 unspecified atom stereocenters. The Labute approximate surface area is 94.2 Å². The Bertz CT molecular complexity index is 430. The lowest BCUT2D eigenvalue weighted by Crippen LogP contribution is -2.36. The van der Waals surface area contributed by atoms with Crippen molar-refractivity contribution in [2.75, 3.05) is 0 Å². The highest BCUT2D eigenvalue weighted by Gasteiger charge is 2.49. The van der Waals surface area contributed by atoms with E-state index in [2.05, 4.69) is 0 Å². The molecule has 0 N–H and O–H groups in total. The first-order valence-electron chi connectivity index (χ1n) is 4.65. The molecule has 0 heterocycles. The highest BCUT2D eigenvalue weighted by molar-refractivity contribution is 6.01. The molecule has 94 valence electrons. The minimum atomic E-state index is -4.75. The van der Waals surface area contributed by atoms with Crippen LogP contribution in [0.25, 0.3) is 0 Å². The molecule has 6 heteroatoms. The van der Waals surface area contributed by atoms with Gasteiger partial charge in [-0.2, -0.15) is 8.78 Å². The standard InChI is InChI=1S/C11H9F5O/c1-5-3-7(4-6(2)8(5)12)9(17)11(15,16)10(13)14/h3-4,10H,1-2H3. The zero-order valence-corrected chi connectivity index (χ0v) is 9.03. The van der Waals surface area contributed by atoms with Gasteiger partial charge >= 0.3 is 12.3 Å². The normalized spacial score (nSPS) is 12.0. The third-order valence-electron chi connectivity index (χ3n) is 2.28. The molecule has 17 heavy (non-hydrogen) atoms. The molecule has 0 aliphatic heterocycles. The SMILES string of the molecule is Cc1cc(C(=O)C(F)(F)C(F)F)cc(C)c1F. The van der Waals surface area contributed by atoms with Gasteiger partial charge in [0.15, 0.2) is 0 Å². The van der Waals surface area contributed by atoms with Crippen LogP contribution in [0.1, 0.15) is 21.5 Å². The Hall–Kier alpha value is -1.46. The van der Waals surface area contributed by atoms with Crippen molar-refractivity contribution in [3.05, 3.63) is 34.6 Å². The molecule has 0 saturated carbocycles. The number of Topliss-reactive ketones (excluding diaryl/α,β-unsaturated/α-hetero) is 1. The van der Waals surface area contributed by atoms with Crippen LogP contribution in [0.3, 0.4) is 0 Å². The van der Waals surface area contributed by atoms with Crippen LogP contribution >= 0.6 is 0 Å². The van der Waals surface area contributed by atoms with Crippen LogP contribution in [0.15, 0.2) is 12.1 Å². The zero-order valence-electron chi connectivity index (χ0n) is 9.03. The molecular formula is C11H9F5O. The topological polar surface area (TPSA) is 17.1 Å². The number of ketones is 1. The van der Waals surface area contributed by atoms with E-state index in [9.17, 15) is 26.7 Å². The number of hydrogen-bond donors (Lipinski definition) is 0. The third-order valence-corrected chi connectivity index (χ3v) is 2.28. The fraction of sp³-hybridized carbons (Fsp3) is 0.364. The van der Waals surface area contributed by atoms with Gasteiger partial charge < -0.3 is 0 Å². The maximum absolute atomic E-state index is 13.2. The Morgan fingerprint density at radius 3 is 1.94 bits per heavy atom. The third kappa shape index (κ3) is 2.45. The van der Waals surface area contributed by atoms with E-state index in [1.807, 2.05) is 0 Å². The highest BCUT2D eigenvalue weighted by atomic mass is 19.3. The van der Waals surface area contributed by atoms with E-state index in [0.717, 1.165) is 12.1 Å². The van der Waals surface area contributed by atoms with Crippen LogP contribution < -0.4 is 0 Å². The van der Waals surface area contributed by atoms with Crippen molar-refractivity contribution in [3.63, 3.8) is 0 Å². The van der Waals surface area contributed by atoms with Gasteiger partial charge in [0.25, 0.3) is 0 Å². The van der Waals surface area contributed by atoms with Crippen LogP contribution in [0.2, 0.25) is 0 Å². The summed E-state index contributed by atoms with van der Waals surface area (Å²) in [7, 11) is 0. The predicted octanol–water partition coefficient (Wildman–Crippen LogP) is 3.53. The highest BCUT2D eigenvalue weighted by Crippen LogP contribution is 2.28. The average molecular weight is 252 g/mol. The van der Waals surface area contributed by atoms with Crippen molar-refractivity contribution in [1.29, 1.82) is 0 Å². The lowest BCUT2D eigenvalue weighted by molar-refractivity contribution is -0.0958. The maximum Gasteiger partial charge on any atom is 0.368 e. The van der Waals surface area contributed by atoms with E-state index in [-0.39, 0.29) is 11.1 Å². The number of alkyl halides is 4. The van der Waals surface area contributed by atoms with Gasteiger partial charge in [0.1, 0.15) is 5.82 Å². The van der Waals surface area contributed by atoms with E-state index < -0.39 is 29.5 Å². The number of halogens is 5.